The number of amides is 1. The normalized spacial score (nSPS) is 12.2. The molecule has 1 atom stereocenters. The molecule has 0 aliphatic rings. The van der Waals surface area contributed by atoms with Gasteiger partial charge in [0.1, 0.15) is 0 Å². The van der Waals surface area contributed by atoms with Gasteiger partial charge in [0.15, 0.2) is 11.5 Å². The molecular formula is C17H24N4OS. The molecule has 0 radical (unpaired) electrons. The highest BCUT2D eigenvalue weighted by Crippen LogP contribution is 2.30. The summed E-state index contributed by atoms with van der Waals surface area (Å²) in [6.07, 6.45) is 2.04. The van der Waals surface area contributed by atoms with E-state index in [1.54, 1.807) is 23.5 Å². The standard InChI is InChI=1S/C17H24N4OS/c1-5-12(6-2)16(14-8-7-11-23-14)18-17(22)13-9-10-15(20-19-13)21(3)4/h7-12,16H,5-6H2,1-4H3,(H,18,22). The van der Waals surface area contributed by atoms with Gasteiger partial charge in [-0.15, -0.1) is 21.5 Å². The average molecular weight is 332 g/mol. The van der Waals surface area contributed by atoms with Crippen LogP contribution in [0.3, 0.4) is 0 Å². The molecule has 23 heavy (non-hydrogen) atoms. The van der Waals surface area contributed by atoms with Crippen molar-refractivity contribution >= 4 is 23.1 Å². The minimum Gasteiger partial charge on any atom is -0.361 e. The molecule has 1 unspecified atom stereocenters. The molecule has 1 N–H and O–H groups in total. The van der Waals surface area contributed by atoms with E-state index in [-0.39, 0.29) is 11.9 Å². The molecular weight excluding hydrogens is 308 g/mol. The van der Waals surface area contributed by atoms with Gasteiger partial charge in [-0.25, -0.2) is 0 Å². The first kappa shape index (κ1) is 17.4. The molecule has 2 aromatic heterocycles. The number of anilines is 1. The second kappa shape index (κ2) is 8.06. The van der Waals surface area contributed by atoms with E-state index in [2.05, 4.69) is 35.4 Å². The summed E-state index contributed by atoms with van der Waals surface area (Å²) in [5, 5.41) is 13.3. The van der Waals surface area contributed by atoms with Gasteiger partial charge in [-0.1, -0.05) is 32.8 Å². The van der Waals surface area contributed by atoms with Crippen LogP contribution in [-0.4, -0.2) is 30.2 Å². The Balaban J connectivity index is 2.17. The summed E-state index contributed by atoms with van der Waals surface area (Å²) in [6.45, 7) is 4.32. The molecule has 0 fully saturated rings. The van der Waals surface area contributed by atoms with Crippen LogP contribution < -0.4 is 10.2 Å². The molecule has 0 saturated carbocycles. The number of hydrogen-bond acceptors (Lipinski definition) is 5. The molecule has 2 aromatic rings. The lowest BCUT2D eigenvalue weighted by atomic mass is 9.93. The Hall–Kier alpha value is -1.95. The van der Waals surface area contributed by atoms with E-state index < -0.39 is 0 Å². The van der Waals surface area contributed by atoms with E-state index in [4.69, 9.17) is 0 Å². The molecule has 1 amide bonds. The van der Waals surface area contributed by atoms with Crippen LogP contribution in [0.2, 0.25) is 0 Å². The maximum absolute atomic E-state index is 12.5. The van der Waals surface area contributed by atoms with Crippen LogP contribution in [-0.2, 0) is 0 Å². The van der Waals surface area contributed by atoms with E-state index in [0.29, 0.717) is 11.6 Å². The smallest absolute Gasteiger partial charge is 0.272 e. The van der Waals surface area contributed by atoms with Crippen LogP contribution in [0.25, 0.3) is 0 Å². The first-order valence-corrected chi connectivity index (χ1v) is 8.80. The fourth-order valence-corrected chi connectivity index (χ4v) is 3.42. The summed E-state index contributed by atoms with van der Waals surface area (Å²) in [7, 11) is 3.79. The van der Waals surface area contributed by atoms with Gasteiger partial charge in [0.05, 0.1) is 6.04 Å². The largest absolute Gasteiger partial charge is 0.361 e. The van der Waals surface area contributed by atoms with Crippen LogP contribution in [0.4, 0.5) is 5.82 Å². The molecule has 0 saturated heterocycles. The van der Waals surface area contributed by atoms with Crippen LogP contribution >= 0.6 is 11.3 Å². The van der Waals surface area contributed by atoms with E-state index in [1.165, 1.54) is 4.88 Å². The van der Waals surface area contributed by atoms with Gasteiger partial charge in [0.2, 0.25) is 0 Å². The highest BCUT2D eigenvalue weighted by molar-refractivity contribution is 7.10. The quantitative estimate of drug-likeness (QED) is 0.843. The number of hydrogen-bond donors (Lipinski definition) is 1. The summed E-state index contributed by atoms with van der Waals surface area (Å²) in [5.41, 5.74) is 0.350. The van der Waals surface area contributed by atoms with Crippen molar-refractivity contribution in [2.75, 3.05) is 19.0 Å². The van der Waals surface area contributed by atoms with Crippen molar-refractivity contribution in [3.05, 3.63) is 40.2 Å². The van der Waals surface area contributed by atoms with Crippen LogP contribution in [0.15, 0.2) is 29.6 Å². The SMILES string of the molecule is CCC(CC)C(NC(=O)c1ccc(N(C)C)nn1)c1cccs1. The van der Waals surface area contributed by atoms with Crippen molar-refractivity contribution in [3.63, 3.8) is 0 Å². The zero-order valence-corrected chi connectivity index (χ0v) is 14.9. The number of nitrogens with zero attached hydrogens (tertiary/aromatic N) is 3. The minimum absolute atomic E-state index is 0.0211. The van der Waals surface area contributed by atoms with Crippen molar-refractivity contribution in [3.8, 4) is 0 Å². The highest BCUT2D eigenvalue weighted by atomic mass is 32.1. The molecule has 124 valence electrons. The summed E-state index contributed by atoms with van der Waals surface area (Å²) < 4.78 is 0. The predicted octanol–water partition coefficient (Wildman–Crippen LogP) is 3.51. The first-order valence-electron chi connectivity index (χ1n) is 7.92. The monoisotopic (exact) mass is 332 g/mol. The van der Waals surface area contributed by atoms with E-state index in [1.807, 2.05) is 30.4 Å². The lowest BCUT2D eigenvalue weighted by molar-refractivity contribution is 0.0914. The van der Waals surface area contributed by atoms with Gasteiger partial charge in [-0.2, -0.15) is 0 Å². The molecule has 0 aliphatic heterocycles. The number of rotatable bonds is 7. The zero-order valence-electron chi connectivity index (χ0n) is 14.1. The molecule has 2 rings (SSSR count). The Bertz CT molecular complexity index is 606. The summed E-state index contributed by atoms with van der Waals surface area (Å²) in [4.78, 5) is 15.6. The molecule has 6 heteroatoms. The van der Waals surface area contributed by atoms with Gasteiger partial charge in [0.25, 0.3) is 5.91 Å². The third-order valence-corrected chi connectivity index (χ3v) is 4.95. The second-order valence-electron chi connectivity index (χ2n) is 5.71. The molecule has 0 bridgehead atoms. The van der Waals surface area contributed by atoms with Crippen molar-refractivity contribution in [1.82, 2.24) is 15.5 Å². The molecule has 0 aromatic carbocycles. The van der Waals surface area contributed by atoms with Crippen molar-refractivity contribution in [2.45, 2.75) is 32.7 Å². The van der Waals surface area contributed by atoms with Crippen molar-refractivity contribution in [2.24, 2.45) is 5.92 Å². The third kappa shape index (κ3) is 4.28. The minimum atomic E-state index is -0.173. The predicted molar refractivity (Wildman–Crippen MR) is 95.0 cm³/mol. The number of carbonyl (C=O) groups excluding carboxylic acids is 1. The van der Waals surface area contributed by atoms with Gasteiger partial charge >= 0.3 is 0 Å². The fourth-order valence-electron chi connectivity index (χ4n) is 2.55. The Morgan fingerprint density at radius 2 is 1.96 bits per heavy atom. The number of thiophene rings is 1. The Labute approximate surface area is 141 Å². The zero-order chi connectivity index (χ0) is 16.8. The van der Waals surface area contributed by atoms with E-state index in [9.17, 15) is 4.79 Å². The van der Waals surface area contributed by atoms with E-state index in [0.717, 1.165) is 18.7 Å². The first-order chi connectivity index (χ1) is 11.1. The summed E-state index contributed by atoms with van der Waals surface area (Å²) >= 11 is 1.68. The van der Waals surface area contributed by atoms with Gasteiger partial charge in [0, 0.05) is 19.0 Å². The number of nitrogens with one attached hydrogen (secondary N) is 1. The fraction of sp³-hybridized carbons (Fsp3) is 0.471. The average Bonchev–Trinajstić information content (AvgIpc) is 3.09. The van der Waals surface area contributed by atoms with Crippen molar-refractivity contribution in [1.29, 1.82) is 0 Å². The Morgan fingerprint density at radius 3 is 2.43 bits per heavy atom. The second-order valence-corrected chi connectivity index (χ2v) is 6.69. The van der Waals surface area contributed by atoms with Crippen LogP contribution in [0.1, 0.15) is 48.1 Å². The van der Waals surface area contributed by atoms with E-state index >= 15 is 0 Å². The highest BCUT2D eigenvalue weighted by Gasteiger charge is 2.24. The molecule has 0 aliphatic carbocycles. The Morgan fingerprint density at radius 1 is 1.22 bits per heavy atom. The number of aromatic nitrogens is 2. The Kier molecular flexibility index (Phi) is 6.10. The molecule has 5 nitrogen and oxygen atoms in total. The summed E-state index contributed by atoms with van der Waals surface area (Å²) in [5.74, 6) is 0.969. The van der Waals surface area contributed by atoms with Crippen molar-refractivity contribution < 1.29 is 4.79 Å². The maximum Gasteiger partial charge on any atom is 0.272 e. The third-order valence-electron chi connectivity index (χ3n) is 4.00. The summed E-state index contributed by atoms with van der Waals surface area (Å²) in [6, 6.07) is 7.64. The van der Waals surface area contributed by atoms with Gasteiger partial charge in [-0.3, -0.25) is 4.79 Å². The molecule has 2 heterocycles. The topological polar surface area (TPSA) is 58.1 Å². The lowest BCUT2D eigenvalue weighted by Gasteiger charge is -2.25. The molecule has 0 spiro atoms. The van der Waals surface area contributed by atoms with Crippen LogP contribution in [0.5, 0.6) is 0 Å². The van der Waals surface area contributed by atoms with Gasteiger partial charge < -0.3 is 10.2 Å². The number of carbonyl (C=O) groups is 1. The van der Waals surface area contributed by atoms with Crippen LogP contribution in [0, 0.1) is 5.92 Å². The lowest BCUT2D eigenvalue weighted by Crippen LogP contribution is -2.33. The van der Waals surface area contributed by atoms with Gasteiger partial charge in [-0.05, 0) is 29.5 Å². The maximum atomic E-state index is 12.5.